The highest BCUT2D eigenvalue weighted by Crippen LogP contribution is 2.27. The molecule has 1 heterocycles. The van der Waals surface area contributed by atoms with Gasteiger partial charge >= 0.3 is 0 Å². The van der Waals surface area contributed by atoms with Gasteiger partial charge in [0.15, 0.2) is 0 Å². The third-order valence-electron chi connectivity index (χ3n) is 4.10. The summed E-state index contributed by atoms with van der Waals surface area (Å²) in [6.45, 7) is 6.64. The number of nitrogens with two attached hydrogens (primary N) is 1. The van der Waals surface area contributed by atoms with Gasteiger partial charge in [0, 0.05) is 45.3 Å². The Morgan fingerprint density at radius 2 is 1.78 bits per heavy atom. The molecule has 1 aromatic carbocycles. The SMILES string of the molecule is NCc1cccc(CN2CCN(C3CC3)CC2)c1. The highest BCUT2D eigenvalue weighted by Gasteiger charge is 2.30. The van der Waals surface area contributed by atoms with Crippen LogP contribution in [0.15, 0.2) is 24.3 Å². The second-order valence-electron chi connectivity index (χ2n) is 5.57. The summed E-state index contributed by atoms with van der Waals surface area (Å²) in [6.07, 6.45) is 2.86. The van der Waals surface area contributed by atoms with Gasteiger partial charge in [0.05, 0.1) is 0 Å². The molecule has 1 aromatic rings. The van der Waals surface area contributed by atoms with Gasteiger partial charge in [-0.05, 0) is 24.0 Å². The Bertz CT molecular complexity index is 392. The Hall–Kier alpha value is -0.900. The molecule has 18 heavy (non-hydrogen) atoms. The van der Waals surface area contributed by atoms with E-state index in [-0.39, 0.29) is 0 Å². The van der Waals surface area contributed by atoms with E-state index >= 15 is 0 Å². The molecule has 2 aliphatic rings. The van der Waals surface area contributed by atoms with Crippen LogP contribution in [0.3, 0.4) is 0 Å². The van der Waals surface area contributed by atoms with Crippen LogP contribution < -0.4 is 5.73 Å². The first-order valence-electron chi connectivity index (χ1n) is 7.09. The average molecular weight is 245 g/mol. The first-order chi connectivity index (χ1) is 8.85. The number of rotatable bonds is 4. The molecule has 3 nitrogen and oxygen atoms in total. The predicted molar refractivity (Wildman–Crippen MR) is 74.2 cm³/mol. The van der Waals surface area contributed by atoms with Gasteiger partial charge in [0.2, 0.25) is 0 Å². The summed E-state index contributed by atoms with van der Waals surface area (Å²) in [5, 5.41) is 0. The first-order valence-corrected chi connectivity index (χ1v) is 7.09. The fourth-order valence-corrected chi connectivity index (χ4v) is 2.84. The molecule has 0 aromatic heterocycles. The zero-order valence-corrected chi connectivity index (χ0v) is 11.0. The topological polar surface area (TPSA) is 32.5 Å². The minimum atomic E-state index is 0.642. The maximum atomic E-state index is 5.69. The summed E-state index contributed by atoms with van der Waals surface area (Å²) in [6, 6.07) is 9.61. The molecule has 98 valence electrons. The van der Waals surface area contributed by atoms with E-state index in [1.807, 2.05) is 0 Å². The molecule has 0 bridgehead atoms. The minimum absolute atomic E-state index is 0.642. The zero-order chi connectivity index (χ0) is 12.4. The summed E-state index contributed by atoms with van der Waals surface area (Å²) >= 11 is 0. The zero-order valence-electron chi connectivity index (χ0n) is 11.0. The molecular formula is C15H23N3. The highest BCUT2D eigenvalue weighted by molar-refractivity contribution is 5.23. The smallest absolute Gasteiger partial charge is 0.0234 e. The lowest BCUT2D eigenvalue weighted by molar-refractivity contribution is 0.121. The molecule has 2 fully saturated rings. The van der Waals surface area contributed by atoms with E-state index in [0.717, 1.165) is 12.6 Å². The van der Waals surface area contributed by atoms with Crippen LogP contribution in [0.4, 0.5) is 0 Å². The Morgan fingerprint density at radius 3 is 2.44 bits per heavy atom. The van der Waals surface area contributed by atoms with Crippen LogP contribution in [0, 0.1) is 0 Å². The van der Waals surface area contributed by atoms with Gasteiger partial charge < -0.3 is 5.73 Å². The molecule has 0 radical (unpaired) electrons. The fourth-order valence-electron chi connectivity index (χ4n) is 2.84. The molecule has 1 saturated carbocycles. The molecule has 0 amide bonds. The Labute approximate surface area is 110 Å². The van der Waals surface area contributed by atoms with Crippen molar-refractivity contribution < 1.29 is 0 Å². The van der Waals surface area contributed by atoms with Crippen molar-refractivity contribution in [3.63, 3.8) is 0 Å². The molecule has 1 aliphatic heterocycles. The van der Waals surface area contributed by atoms with Crippen molar-refractivity contribution in [1.82, 2.24) is 9.80 Å². The number of piperazine rings is 1. The highest BCUT2D eigenvalue weighted by atomic mass is 15.3. The van der Waals surface area contributed by atoms with Gasteiger partial charge in [-0.2, -0.15) is 0 Å². The van der Waals surface area contributed by atoms with Crippen molar-refractivity contribution in [3.05, 3.63) is 35.4 Å². The first kappa shape index (κ1) is 12.2. The van der Waals surface area contributed by atoms with Crippen LogP contribution in [-0.4, -0.2) is 42.0 Å². The van der Waals surface area contributed by atoms with Crippen LogP contribution in [0.5, 0.6) is 0 Å². The van der Waals surface area contributed by atoms with Crippen LogP contribution in [0.2, 0.25) is 0 Å². The molecule has 1 aliphatic carbocycles. The van der Waals surface area contributed by atoms with Crippen LogP contribution in [0.25, 0.3) is 0 Å². The second kappa shape index (κ2) is 5.39. The van der Waals surface area contributed by atoms with Crippen molar-refractivity contribution in [1.29, 1.82) is 0 Å². The van der Waals surface area contributed by atoms with E-state index in [4.69, 9.17) is 5.73 Å². The normalized spacial score (nSPS) is 22.3. The lowest BCUT2D eigenvalue weighted by Gasteiger charge is -2.34. The third kappa shape index (κ3) is 2.91. The maximum absolute atomic E-state index is 5.69. The van der Waals surface area contributed by atoms with Gasteiger partial charge in [0.25, 0.3) is 0 Å². The predicted octanol–water partition coefficient (Wildman–Crippen LogP) is 1.43. The van der Waals surface area contributed by atoms with Gasteiger partial charge in [-0.25, -0.2) is 0 Å². The molecule has 1 saturated heterocycles. The lowest BCUT2D eigenvalue weighted by atomic mass is 10.1. The van der Waals surface area contributed by atoms with E-state index in [9.17, 15) is 0 Å². The van der Waals surface area contributed by atoms with Crippen molar-refractivity contribution in [3.8, 4) is 0 Å². The number of hydrogen-bond donors (Lipinski definition) is 1. The van der Waals surface area contributed by atoms with Crippen LogP contribution >= 0.6 is 0 Å². The van der Waals surface area contributed by atoms with Gasteiger partial charge in [-0.3, -0.25) is 9.80 Å². The largest absolute Gasteiger partial charge is 0.326 e. The quantitative estimate of drug-likeness (QED) is 0.871. The van der Waals surface area contributed by atoms with Crippen LogP contribution in [-0.2, 0) is 13.1 Å². The lowest BCUT2D eigenvalue weighted by Crippen LogP contribution is -2.46. The van der Waals surface area contributed by atoms with Crippen molar-refractivity contribution in [2.24, 2.45) is 5.73 Å². The third-order valence-corrected chi connectivity index (χ3v) is 4.10. The monoisotopic (exact) mass is 245 g/mol. The van der Waals surface area contributed by atoms with E-state index in [1.54, 1.807) is 0 Å². The fraction of sp³-hybridized carbons (Fsp3) is 0.600. The molecule has 0 unspecified atom stereocenters. The standard InChI is InChI=1S/C15H23N3/c16-11-13-2-1-3-14(10-13)12-17-6-8-18(9-7-17)15-4-5-15/h1-3,10,15H,4-9,11-12,16H2. The molecule has 0 atom stereocenters. The summed E-state index contributed by atoms with van der Waals surface area (Å²) in [7, 11) is 0. The van der Waals surface area contributed by atoms with E-state index in [1.165, 1.54) is 50.1 Å². The van der Waals surface area contributed by atoms with Gasteiger partial charge in [-0.1, -0.05) is 24.3 Å². The number of nitrogens with zero attached hydrogens (tertiary/aromatic N) is 2. The summed E-state index contributed by atoms with van der Waals surface area (Å²) < 4.78 is 0. The van der Waals surface area contributed by atoms with Gasteiger partial charge in [-0.15, -0.1) is 0 Å². The molecule has 3 heteroatoms. The van der Waals surface area contributed by atoms with E-state index in [0.29, 0.717) is 6.54 Å². The molecule has 3 rings (SSSR count). The van der Waals surface area contributed by atoms with E-state index in [2.05, 4.69) is 34.1 Å². The summed E-state index contributed by atoms with van der Waals surface area (Å²) in [4.78, 5) is 5.22. The Morgan fingerprint density at radius 1 is 1.06 bits per heavy atom. The van der Waals surface area contributed by atoms with Crippen molar-refractivity contribution in [2.45, 2.75) is 32.0 Å². The van der Waals surface area contributed by atoms with Gasteiger partial charge in [0.1, 0.15) is 0 Å². The van der Waals surface area contributed by atoms with E-state index < -0.39 is 0 Å². The van der Waals surface area contributed by atoms with Crippen LogP contribution in [0.1, 0.15) is 24.0 Å². The summed E-state index contributed by atoms with van der Waals surface area (Å²) in [5.41, 5.74) is 8.33. The summed E-state index contributed by atoms with van der Waals surface area (Å²) in [5.74, 6) is 0. The van der Waals surface area contributed by atoms with Crippen molar-refractivity contribution in [2.75, 3.05) is 26.2 Å². The number of hydrogen-bond acceptors (Lipinski definition) is 3. The Balaban J connectivity index is 1.53. The minimum Gasteiger partial charge on any atom is -0.326 e. The second-order valence-corrected chi connectivity index (χ2v) is 5.57. The molecule has 0 spiro atoms. The van der Waals surface area contributed by atoms with Crippen molar-refractivity contribution >= 4 is 0 Å². The Kier molecular flexibility index (Phi) is 3.64. The molecular weight excluding hydrogens is 222 g/mol. The number of benzene rings is 1. The maximum Gasteiger partial charge on any atom is 0.0234 e. The average Bonchev–Trinajstić information content (AvgIpc) is 3.24. The molecule has 2 N–H and O–H groups in total.